The summed E-state index contributed by atoms with van der Waals surface area (Å²) in [5.74, 6) is -1.83. The first-order valence-electron chi connectivity index (χ1n) is 4.34. The van der Waals surface area contributed by atoms with Crippen LogP contribution in [0.3, 0.4) is 0 Å². The van der Waals surface area contributed by atoms with Gasteiger partial charge >= 0.3 is 0 Å². The summed E-state index contributed by atoms with van der Waals surface area (Å²) in [7, 11) is 1.30. The van der Waals surface area contributed by atoms with Gasteiger partial charge in [0, 0.05) is 7.11 Å². The molecule has 1 fully saturated rings. The minimum absolute atomic E-state index is 0.454. The van der Waals surface area contributed by atoms with Gasteiger partial charge in [0.1, 0.15) is 24.4 Å². The summed E-state index contributed by atoms with van der Waals surface area (Å²) < 4.78 is 9.74. The monoisotopic (exact) mass is 208 g/mol. The van der Waals surface area contributed by atoms with Crippen molar-refractivity contribution in [3.05, 3.63) is 0 Å². The molecule has 0 aromatic carbocycles. The standard InChI is InChI=1S/C8H16O6/c1-8(12)7(11)6(13-2)5(10)4(3-9)14-8/h4-7,9-12H,3H2,1-2H3/t4?,5-,6+,7?,8+/m1/s1. The number of ether oxygens (including phenoxy) is 2. The van der Waals surface area contributed by atoms with Crippen LogP contribution in [-0.4, -0.2) is 64.3 Å². The second-order valence-corrected chi connectivity index (χ2v) is 3.53. The van der Waals surface area contributed by atoms with Crippen molar-refractivity contribution >= 4 is 0 Å². The van der Waals surface area contributed by atoms with Crippen LogP contribution in [0.5, 0.6) is 0 Å². The molecule has 0 bridgehead atoms. The molecular formula is C8H16O6. The molecule has 6 nitrogen and oxygen atoms in total. The number of aliphatic hydroxyl groups excluding tert-OH is 3. The number of rotatable bonds is 2. The third kappa shape index (κ3) is 1.90. The van der Waals surface area contributed by atoms with Crippen LogP contribution in [-0.2, 0) is 9.47 Å². The van der Waals surface area contributed by atoms with Crippen molar-refractivity contribution in [3.63, 3.8) is 0 Å². The summed E-state index contributed by atoms with van der Waals surface area (Å²) in [6.45, 7) is 0.794. The molecule has 6 heteroatoms. The SMILES string of the molecule is CO[C@@H]1C(O)[C@@](C)(O)OC(CO)[C@H]1O. The Morgan fingerprint density at radius 2 is 2.00 bits per heavy atom. The maximum absolute atomic E-state index is 9.59. The summed E-state index contributed by atoms with van der Waals surface area (Å²) in [6.07, 6.45) is -4.46. The van der Waals surface area contributed by atoms with Gasteiger partial charge in [0.2, 0.25) is 0 Å². The first kappa shape index (κ1) is 11.8. The maximum atomic E-state index is 9.59. The number of hydrogen-bond donors (Lipinski definition) is 4. The normalized spacial score (nSPS) is 49.3. The Morgan fingerprint density at radius 1 is 1.43 bits per heavy atom. The molecule has 14 heavy (non-hydrogen) atoms. The van der Waals surface area contributed by atoms with Crippen LogP contribution in [0.2, 0.25) is 0 Å². The summed E-state index contributed by atoms with van der Waals surface area (Å²) in [6, 6.07) is 0. The van der Waals surface area contributed by atoms with E-state index in [9.17, 15) is 15.3 Å². The fourth-order valence-corrected chi connectivity index (χ4v) is 1.56. The van der Waals surface area contributed by atoms with Gasteiger partial charge in [0.15, 0.2) is 5.79 Å². The van der Waals surface area contributed by atoms with Crippen LogP contribution in [0.25, 0.3) is 0 Å². The number of aliphatic hydroxyl groups is 4. The highest BCUT2D eigenvalue weighted by molar-refractivity contribution is 4.94. The Morgan fingerprint density at radius 3 is 2.43 bits per heavy atom. The van der Waals surface area contributed by atoms with Gasteiger partial charge < -0.3 is 29.9 Å². The van der Waals surface area contributed by atoms with E-state index in [2.05, 4.69) is 0 Å². The van der Waals surface area contributed by atoms with Crippen LogP contribution < -0.4 is 0 Å². The second kappa shape index (κ2) is 4.09. The first-order chi connectivity index (χ1) is 6.44. The molecule has 1 heterocycles. The van der Waals surface area contributed by atoms with Gasteiger partial charge in [-0.2, -0.15) is 0 Å². The highest BCUT2D eigenvalue weighted by Gasteiger charge is 2.50. The average Bonchev–Trinajstić information content (AvgIpc) is 2.13. The lowest BCUT2D eigenvalue weighted by Gasteiger charge is -2.44. The Balaban J connectivity index is 2.83. The fraction of sp³-hybridized carbons (Fsp3) is 1.00. The van der Waals surface area contributed by atoms with Crippen LogP contribution in [0, 0.1) is 0 Å². The van der Waals surface area contributed by atoms with E-state index in [1.165, 1.54) is 14.0 Å². The van der Waals surface area contributed by atoms with Gasteiger partial charge in [-0.05, 0) is 6.92 Å². The van der Waals surface area contributed by atoms with Crippen molar-refractivity contribution in [2.24, 2.45) is 0 Å². The van der Waals surface area contributed by atoms with Crippen molar-refractivity contribution in [1.82, 2.24) is 0 Å². The lowest BCUT2D eigenvalue weighted by molar-refractivity contribution is -0.343. The van der Waals surface area contributed by atoms with E-state index in [1.807, 2.05) is 0 Å². The van der Waals surface area contributed by atoms with Crippen molar-refractivity contribution < 1.29 is 29.9 Å². The van der Waals surface area contributed by atoms with Crippen LogP contribution in [0.4, 0.5) is 0 Å². The molecule has 84 valence electrons. The number of hydrogen-bond acceptors (Lipinski definition) is 6. The molecule has 1 rings (SSSR count). The van der Waals surface area contributed by atoms with Crippen molar-refractivity contribution in [3.8, 4) is 0 Å². The van der Waals surface area contributed by atoms with E-state index in [-0.39, 0.29) is 0 Å². The van der Waals surface area contributed by atoms with Gasteiger partial charge in [-0.15, -0.1) is 0 Å². The Kier molecular flexibility index (Phi) is 3.46. The van der Waals surface area contributed by atoms with Gasteiger partial charge in [-0.1, -0.05) is 0 Å². The number of methoxy groups -OCH3 is 1. The van der Waals surface area contributed by atoms with Crippen molar-refractivity contribution in [1.29, 1.82) is 0 Å². The lowest BCUT2D eigenvalue weighted by atomic mass is 9.93. The zero-order chi connectivity index (χ0) is 10.9. The zero-order valence-electron chi connectivity index (χ0n) is 8.12. The summed E-state index contributed by atoms with van der Waals surface area (Å²) in [5.41, 5.74) is 0. The topological polar surface area (TPSA) is 99.4 Å². The molecule has 1 saturated heterocycles. The fourth-order valence-electron chi connectivity index (χ4n) is 1.56. The quantitative estimate of drug-likeness (QED) is 0.412. The van der Waals surface area contributed by atoms with Gasteiger partial charge in [-0.25, -0.2) is 0 Å². The van der Waals surface area contributed by atoms with E-state index in [4.69, 9.17) is 14.6 Å². The third-order valence-electron chi connectivity index (χ3n) is 2.42. The smallest absolute Gasteiger partial charge is 0.192 e. The Labute approximate surface area is 81.7 Å². The molecule has 0 amide bonds. The average molecular weight is 208 g/mol. The van der Waals surface area contributed by atoms with E-state index >= 15 is 0 Å². The van der Waals surface area contributed by atoms with Crippen molar-refractivity contribution in [2.45, 2.75) is 37.1 Å². The van der Waals surface area contributed by atoms with Crippen molar-refractivity contribution in [2.75, 3.05) is 13.7 Å². The molecular weight excluding hydrogens is 192 g/mol. The summed E-state index contributed by atoms with van der Waals surface area (Å²) in [5, 5.41) is 37.5. The maximum Gasteiger partial charge on any atom is 0.192 e. The molecule has 1 aliphatic rings. The van der Waals surface area contributed by atoms with Gasteiger partial charge in [0.25, 0.3) is 0 Å². The minimum Gasteiger partial charge on any atom is -0.394 e. The molecule has 0 aromatic heterocycles. The second-order valence-electron chi connectivity index (χ2n) is 3.53. The third-order valence-corrected chi connectivity index (χ3v) is 2.42. The minimum atomic E-state index is -1.83. The van der Waals surface area contributed by atoms with E-state index in [0.29, 0.717) is 0 Å². The molecule has 0 aromatic rings. The van der Waals surface area contributed by atoms with E-state index < -0.39 is 36.8 Å². The highest BCUT2D eigenvalue weighted by Crippen LogP contribution is 2.28. The molecule has 4 N–H and O–H groups in total. The molecule has 0 aliphatic carbocycles. The highest BCUT2D eigenvalue weighted by atomic mass is 16.7. The molecule has 0 spiro atoms. The predicted molar refractivity (Wildman–Crippen MR) is 45.4 cm³/mol. The molecule has 0 radical (unpaired) electrons. The van der Waals surface area contributed by atoms with Crippen LogP contribution >= 0.6 is 0 Å². The predicted octanol–water partition coefficient (Wildman–Crippen LogP) is -2.18. The zero-order valence-corrected chi connectivity index (χ0v) is 8.12. The first-order valence-corrected chi connectivity index (χ1v) is 4.34. The Hall–Kier alpha value is -0.240. The summed E-state index contributed by atoms with van der Waals surface area (Å²) >= 11 is 0. The molecule has 2 unspecified atom stereocenters. The van der Waals surface area contributed by atoms with E-state index in [0.717, 1.165) is 0 Å². The molecule has 0 saturated carbocycles. The van der Waals surface area contributed by atoms with Crippen LogP contribution in [0.15, 0.2) is 0 Å². The molecule has 5 atom stereocenters. The summed E-state index contributed by atoms with van der Waals surface area (Å²) in [4.78, 5) is 0. The lowest BCUT2D eigenvalue weighted by Crippen LogP contribution is -2.64. The molecule has 1 aliphatic heterocycles. The Bertz CT molecular complexity index is 194. The van der Waals surface area contributed by atoms with E-state index in [1.54, 1.807) is 0 Å². The van der Waals surface area contributed by atoms with Gasteiger partial charge in [0.05, 0.1) is 6.61 Å². The van der Waals surface area contributed by atoms with Gasteiger partial charge in [-0.3, -0.25) is 0 Å². The largest absolute Gasteiger partial charge is 0.394 e. The van der Waals surface area contributed by atoms with Crippen LogP contribution in [0.1, 0.15) is 6.92 Å².